The molecule has 16 heavy (non-hydrogen) atoms. The molecule has 2 rings (SSSR count). The molecule has 0 spiro atoms. The zero-order chi connectivity index (χ0) is 11.8. The summed E-state index contributed by atoms with van der Waals surface area (Å²) in [6.07, 6.45) is 3.74. The van der Waals surface area contributed by atoms with E-state index in [1.54, 1.807) is 13.2 Å². The monoisotopic (exact) mass is 287 g/mol. The fourth-order valence-electron chi connectivity index (χ4n) is 2.45. The number of nitrogens with two attached hydrogens (primary N) is 1. The predicted molar refractivity (Wildman–Crippen MR) is 65.0 cm³/mol. The van der Waals surface area contributed by atoms with Crippen LogP contribution in [0.3, 0.4) is 0 Å². The van der Waals surface area contributed by atoms with Gasteiger partial charge in [0.2, 0.25) is 0 Å². The van der Waals surface area contributed by atoms with Crippen LogP contribution in [0.2, 0.25) is 0 Å². The van der Waals surface area contributed by atoms with Gasteiger partial charge in [-0.25, -0.2) is 4.39 Å². The van der Waals surface area contributed by atoms with Crippen molar-refractivity contribution in [2.24, 2.45) is 5.73 Å². The summed E-state index contributed by atoms with van der Waals surface area (Å²) in [5, 5.41) is 0. The van der Waals surface area contributed by atoms with Crippen molar-refractivity contribution in [3.8, 4) is 5.75 Å². The lowest BCUT2D eigenvalue weighted by Gasteiger charge is -2.26. The molecule has 1 fully saturated rings. The molecule has 0 saturated heterocycles. The minimum Gasteiger partial charge on any atom is -0.496 e. The molecular formula is C12H15BrFNO. The number of ether oxygens (including phenoxy) is 1. The summed E-state index contributed by atoms with van der Waals surface area (Å²) in [6, 6.07) is 3.22. The number of hydrogen-bond acceptors (Lipinski definition) is 2. The molecule has 1 aromatic carbocycles. The van der Waals surface area contributed by atoms with Crippen molar-refractivity contribution in [2.45, 2.75) is 31.2 Å². The van der Waals surface area contributed by atoms with Crippen LogP contribution < -0.4 is 10.5 Å². The van der Waals surface area contributed by atoms with Crippen LogP contribution in [0.5, 0.6) is 5.75 Å². The number of halogens is 2. The second kappa shape index (κ2) is 4.34. The van der Waals surface area contributed by atoms with Crippen LogP contribution in [-0.4, -0.2) is 7.11 Å². The molecule has 1 aliphatic rings. The van der Waals surface area contributed by atoms with Crippen LogP contribution in [0.25, 0.3) is 0 Å². The molecule has 4 heteroatoms. The highest BCUT2D eigenvalue weighted by Gasteiger charge is 2.36. The normalized spacial score (nSPS) is 18.8. The van der Waals surface area contributed by atoms with Gasteiger partial charge in [0.1, 0.15) is 11.6 Å². The Hall–Kier alpha value is -0.610. The smallest absolute Gasteiger partial charge is 0.133 e. The summed E-state index contributed by atoms with van der Waals surface area (Å²) in [5.74, 6) is 0.256. The Bertz CT molecular complexity index is 402. The highest BCUT2D eigenvalue weighted by atomic mass is 79.9. The fraction of sp³-hybridized carbons (Fsp3) is 0.500. The van der Waals surface area contributed by atoms with E-state index in [2.05, 4.69) is 15.9 Å². The van der Waals surface area contributed by atoms with Gasteiger partial charge < -0.3 is 10.5 Å². The average Bonchev–Trinajstić information content (AvgIpc) is 2.64. The van der Waals surface area contributed by atoms with Crippen LogP contribution in [0, 0.1) is 5.82 Å². The first kappa shape index (κ1) is 11.9. The minimum atomic E-state index is -0.559. The van der Waals surface area contributed by atoms with Gasteiger partial charge in [-0.3, -0.25) is 0 Å². The number of methoxy groups -OCH3 is 1. The average molecular weight is 288 g/mol. The second-order valence-electron chi connectivity index (χ2n) is 4.33. The fourth-order valence-corrected chi connectivity index (χ4v) is 2.86. The van der Waals surface area contributed by atoms with E-state index >= 15 is 0 Å². The lowest BCUT2D eigenvalue weighted by Crippen LogP contribution is -2.34. The maximum atomic E-state index is 14.0. The van der Waals surface area contributed by atoms with Gasteiger partial charge in [0.25, 0.3) is 0 Å². The molecule has 0 heterocycles. The van der Waals surface area contributed by atoms with Gasteiger partial charge >= 0.3 is 0 Å². The Kier molecular flexibility index (Phi) is 3.22. The molecule has 0 aliphatic heterocycles. The molecule has 1 aromatic rings. The van der Waals surface area contributed by atoms with Gasteiger partial charge in [0, 0.05) is 15.6 Å². The molecule has 1 aliphatic carbocycles. The van der Waals surface area contributed by atoms with E-state index in [9.17, 15) is 4.39 Å². The van der Waals surface area contributed by atoms with E-state index in [4.69, 9.17) is 10.5 Å². The Morgan fingerprint density at radius 2 is 2.00 bits per heavy atom. The zero-order valence-electron chi connectivity index (χ0n) is 9.22. The van der Waals surface area contributed by atoms with Gasteiger partial charge in [-0.05, 0) is 25.0 Å². The van der Waals surface area contributed by atoms with E-state index in [0.29, 0.717) is 15.8 Å². The maximum Gasteiger partial charge on any atom is 0.133 e. The largest absolute Gasteiger partial charge is 0.496 e. The standard InChI is InChI=1S/C12H15BrFNO/c1-16-10-7-8(13)6-9(14)11(10)12(15)4-2-3-5-12/h6-7H,2-5,15H2,1H3. The third kappa shape index (κ3) is 1.96. The second-order valence-corrected chi connectivity index (χ2v) is 5.24. The van der Waals surface area contributed by atoms with Crippen LogP contribution >= 0.6 is 15.9 Å². The molecule has 0 unspecified atom stereocenters. The van der Waals surface area contributed by atoms with E-state index < -0.39 is 5.54 Å². The molecule has 0 bridgehead atoms. The Morgan fingerprint density at radius 3 is 2.56 bits per heavy atom. The van der Waals surface area contributed by atoms with Gasteiger partial charge in [-0.1, -0.05) is 28.8 Å². The van der Waals surface area contributed by atoms with Crippen LogP contribution in [0.15, 0.2) is 16.6 Å². The van der Waals surface area contributed by atoms with Gasteiger partial charge in [0.05, 0.1) is 7.11 Å². The summed E-state index contributed by atoms with van der Waals surface area (Å²) < 4.78 is 19.9. The summed E-state index contributed by atoms with van der Waals surface area (Å²) >= 11 is 3.25. The van der Waals surface area contributed by atoms with Crippen LogP contribution in [0.4, 0.5) is 4.39 Å². The molecule has 88 valence electrons. The number of rotatable bonds is 2. The predicted octanol–water partition coefficient (Wildman–Crippen LogP) is 3.32. The van der Waals surface area contributed by atoms with Crippen molar-refractivity contribution < 1.29 is 9.13 Å². The summed E-state index contributed by atoms with van der Waals surface area (Å²) in [7, 11) is 1.54. The summed E-state index contributed by atoms with van der Waals surface area (Å²) in [5.41, 5.74) is 6.24. The SMILES string of the molecule is COc1cc(Br)cc(F)c1C1(N)CCCC1. The Morgan fingerprint density at radius 1 is 1.38 bits per heavy atom. The molecular weight excluding hydrogens is 273 g/mol. The zero-order valence-corrected chi connectivity index (χ0v) is 10.8. The Labute approximate surface area is 103 Å². The highest BCUT2D eigenvalue weighted by Crippen LogP contribution is 2.42. The van der Waals surface area contributed by atoms with Crippen molar-refractivity contribution in [1.29, 1.82) is 0 Å². The molecule has 2 N–H and O–H groups in total. The van der Waals surface area contributed by atoms with Crippen molar-refractivity contribution in [3.05, 3.63) is 28.0 Å². The van der Waals surface area contributed by atoms with E-state index in [1.165, 1.54) is 6.07 Å². The van der Waals surface area contributed by atoms with Crippen molar-refractivity contribution in [2.75, 3.05) is 7.11 Å². The highest BCUT2D eigenvalue weighted by molar-refractivity contribution is 9.10. The third-order valence-electron chi connectivity index (χ3n) is 3.23. The Balaban J connectivity index is 2.54. The lowest BCUT2D eigenvalue weighted by atomic mass is 9.88. The van der Waals surface area contributed by atoms with E-state index in [0.717, 1.165) is 25.7 Å². The molecule has 0 radical (unpaired) electrons. The first-order valence-corrected chi connectivity index (χ1v) is 6.18. The first-order chi connectivity index (χ1) is 7.57. The number of benzene rings is 1. The molecule has 0 amide bonds. The van der Waals surface area contributed by atoms with E-state index in [1.807, 2.05) is 0 Å². The van der Waals surface area contributed by atoms with E-state index in [-0.39, 0.29) is 5.82 Å². The van der Waals surface area contributed by atoms with Crippen molar-refractivity contribution >= 4 is 15.9 Å². The van der Waals surface area contributed by atoms with Gasteiger partial charge in [0.15, 0.2) is 0 Å². The maximum absolute atomic E-state index is 14.0. The summed E-state index contributed by atoms with van der Waals surface area (Å²) in [6.45, 7) is 0. The van der Waals surface area contributed by atoms with Gasteiger partial charge in [-0.2, -0.15) is 0 Å². The third-order valence-corrected chi connectivity index (χ3v) is 3.69. The van der Waals surface area contributed by atoms with Crippen molar-refractivity contribution in [1.82, 2.24) is 0 Å². The molecule has 2 nitrogen and oxygen atoms in total. The quantitative estimate of drug-likeness (QED) is 0.906. The van der Waals surface area contributed by atoms with Crippen LogP contribution in [0.1, 0.15) is 31.2 Å². The summed E-state index contributed by atoms with van der Waals surface area (Å²) in [4.78, 5) is 0. The van der Waals surface area contributed by atoms with Crippen molar-refractivity contribution in [3.63, 3.8) is 0 Å². The topological polar surface area (TPSA) is 35.2 Å². The van der Waals surface area contributed by atoms with Gasteiger partial charge in [-0.15, -0.1) is 0 Å². The molecule has 0 atom stereocenters. The first-order valence-electron chi connectivity index (χ1n) is 5.39. The minimum absolute atomic E-state index is 0.282. The van der Waals surface area contributed by atoms with Crippen LogP contribution in [-0.2, 0) is 5.54 Å². The molecule has 1 saturated carbocycles. The lowest BCUT2D eigenvalue weighted by molar-refractivity contribution is 0.365. The number of hydrogen-bond donors (Lipinski definition) is 1. The molecule has 0 aromatic heterocycles.